The molecule has 0 aromatic heterocycles. The van der Waals surface area contributed by atoms with E-state index in [1.54, 1.807) is 25.2 Å². The fourth-order valence-electron chi connectivity index (χ4n) is 0.814. The molecule has 0 radical (unpaired) electrons. The molecule has 2 N–H and O–H groups in total. The van der Waals surface area contributed by atoms with Crippen LogP contribution >= 0.6 is 0 Å². The second-order valence-electron chi connectivity index (χ2n) is 2.34. The van der Waals surface area contributed by atoms with Crippen molar-refractivity contribution in [2.24, 2.45) is 5.73 Å². The molecule has 0 amide bonds. The SMILES string of the molecule is C=C/C=C(C(=O)CC)\C(N)=C/C. The summed E-state index contributed by atoms with van der Waals surface area (Å²) >= 11 is 0. The van der Waals surface area contributed by atoms with E-state index < -0.39 is 0 Å². The van der Waals surface area contributed by atoms with Crippen LogP contribution in [-0.4, -0.2) is 5.78 Å². The monoisotopic (exact) mass is 165 g/mol. The van der Waals surface area contributed by atoms with E-state index in [0.717, 1.165) is 0 Å². The molecule has 0 bridgehead atoms. The maximum Gasteiger partial charge on any atom is 0.164 e. The number of Topliss-reactive ketones (excluding diaryl/α,β-unsaturated/α-hetero) is 1. The number of nitrogens with two attached hydrogens (primary N) is 1. The van der Waals surface area contributed by atoms with Crippen LogP contribution in [0.3, 0.4) is 0 Å². The number of hydrogen-bond donors (Lipinski definition) is 1. The number of hydrogen-bond acceptors (Lipinski definition) is 2. The summed E-state index contributed by atoms with van der Waals surface area (Å²) in [5, 5.41) is 0. The second-order valence-corrected chi connectivity index (χ2v) is 2.34. The maximum absolute atomic E-state index is 11.3. The van der Waals surface area contributed by atoms with Crippen molar-refractivity contribution >= 4 is 5.78 Å². The zero-order valence-electron chi connectivity index (χ0n) is 7.63. The van der Waals surface area contributed by atoms with E-state index in [0.29, 0.717) is 17.7 Å². The number of carbonyl (C=O) groups excluding carboxylic acids is 1. The molecule has 66 valence electrons. The van der Waals surface area contributed by atoms with Gasteiger partial charge in [-0.25, -0.2) is 0 Å². The van der Waals surface area contributed by atoms with Crippen molar-refractivity contribution in [2.45, 2.75) is 20.3 Å². The highest BCUT2D eigenvalue weighted by Gasteiger charge is 2.07. The van der Waals surface area contributed by atoms with Crippen LogP contribution in [0.15, 0.2) is 36.1 Å². The Kier molecular flexibility index (Phi) is 4.77. The predicted octanol–water partition coefficient (Wildman–Crippen LogP) is 1.94. The molecule has 0 spiro atoms. The molecular formula is C10H15NO. The molecule has 0 aromatic carbocycles. The van der Waals surface area contributed by atoms with E-state index in [4.69, 9.17) is 5.73 Å². The van der Waals surface area contributed by atoms with E-state index in [-0.39, 0.29) is 5.78 Å². The van der Waals surface area contributed by atoms with Crippen molar-refractivity contribution in [1.29, 1.82) is 0 Å². The molecule has 0 aliphatic heterocycles. The average Bonchev–Trinajstić information content (AvgIpc) is 2.11. The summed E-state index contributed by atoms with van der Waals surface area (Å²) in [5.74, 6) is 0.0468. The highest BCUT2D eigenvalue weighted by atomic mass is 16.1. The molecule has 2 heteroatoms. The Bertz CT molecular complexity index is 236. The van der Waals surface area contributed by atoms with Gasteiger partial charge in [-0.1, -0.05) is 25.7 Å². The lowest BCUT2D eigenvalue weighted by Crippen LogP contribution is -2.09. The average molecular weight is 165 g/mol. The number of allylic oxidation sites excluding steroid dienone is 4. The fraction of sp³-hybridized carbons (Fsp3) is 0.300. The molecule has 12 heavy (non-hydrogen) atoms. The van der Waals surface area contributed by atoms with Gasteiger partial charge >= 0.3 is 0 Å². The Labute approximate surface area is 73.5 Å². The van der Waals surface area contributed by atoms with Gasteiger partial charge in [-0.3, -0.25) is 4.79 Å². The molecule has 0 heterocycles. The second kappa shape index (κ2) is 5.35. The van der Waals surface area contributed by atoms with Crippen LogP contribution in [0.25, 0.3) is 0 Å². The molecule has 0 aliphatic carbocycles. The third kappa shape index (κ3) is 2.74. The Morgan fingerprint density at radius 1 is 1.58 bits per heavy atom. The van der Waals surface area contributed by atoms with Crippen LogP contribution in [0, 0.1) is 0 Å². The number of rotatable bonds is 4. The summed E-state index contributed by atoms with van der Waals surface area (Å²) < 4.78 is 0. The van der Waals surface area contributed by atoms with Gasteiger partial charge in [0.25, 0.3) is 0 Å². The third-order valence-electron chi connectivity index (χ3n) is 1.53. The van der Waals surface area contributed by atoms with Gasteiger partial charge in [0.1, 0.15) is 0 Å². The van der Waals surface area contributed by atoms with Crippen LogP contribution < -0.4 is 5.73 Å². The first kappa shape index (κ1) is 10.7. The summed E-state index contributed by atoms with van der Waals surface area (Å²) in [6.45, 7) is 7.13. The first-order chi connectivity index (χ1) is 5.67. The third-order valence-corrected chi connectivity index (χ3v) is 1.53. The molecule has 0 saturated carbocycles. The van der Waals surface area contributed by atoms with Crippen LogP contribution in [0.1, 0.15) is 20.3 Å². The van der Waals surface area contributed by atoms with Crippen molar-refractivity contribution < 1.29 is 4.79 Å². The quantitative estimate of drug-likeness (QED) is 0.511. The van der Waals surface area contributed by atoms with Crippen molar-refractivity contribution in [1.82, 2.24) is 0 Å². The molecule has 0 saturated heterocycles. The minimum Gasteiger partial charge on any atom is -0.398 e. The fourth-order valence-corrected chi connectivity index (χ4v) is 0.814. The van der Waals surface area contributed by atoms with E-state index in [9.17, 15) is 4.79 Å². The molecule has 0 fully saturated rings. The van der Waals surface area contributed by atoms with Gasteiger partial charge in [-0.2, -0.15) is 0 Å². The minimum absolute atomic E-state index is 0.0468. The molecule has 0 atom stereocenters. The summed E-state index contributed by atoms with van der Waals surface area (Å²) in [7, 11) is 0. The lowest BCUT2D eigenvalue weighted by molar-refractivity contribution is -0.115. The molecule has 0 aliphatic rings. The van der Waals surface area contributed by atoms with E-state index in [2.05, 4.69) is 6.58 Å². The molecular weight excluding hydrogens is 150 g/mol. The van der Waals surface area contributed by atoms with Gasteiger partial charge in [0.05, 0.1) is 0 Å². The molecule has 0 unspecified atom stereocenters. The first-order valence-corrected chi connectivity index (χ1v) is 3.95. The van der Waals surface area contributed by atoms with Crippen LogP contribution in [0.5, 0.6) is 0 Å². The van der Waals surface area contributed by atoms with E-state index in [1.807, 2.05) is 6.92 Å². The summed E-state index contributed by atoms with van der Waals surface area (Å²) in [6.07, 6.45) is 5.39. The summed E-state index contributed by atoms with van der Waals surface area (Å²) in [4.78, 5) is 11.3. The zero-order chi connectivity index (χ0) is 9.56. The predicted molar refractivity (Wildman–Crippen MR) is 51.5 cm³/mol. The van der Waals surface area contributed by atoms with Crippen LogP contribution in [-0.2, 0) is 4.79 Å². The lowest BCUT2D eigenvalue weighted by Gasteiger charge is -2.02. The Morgan fingerprint density at radius 3 is 2.50 bits per heavy atom. The Hall–Kier alpha value is -1.31. The topological polar surface area (TPSA) is 43.1 Å². The molecule has 0 rings (SSSR count). The van der Waals surface area contributed by atoms with Gasteiger partial charge < -0.3 is 5.73 Å². The van der Waals surface area contributed by atoms with Crippen LogP contribution in [0.2, 0.25) is 0 Å². The van der Waals surface area contributed by atoms with Crippen molar-refractivity contribution in [3.63, 3.8) is 0 Å². The standard InChI is InChI=1S/C10H15NO/c1-4-7-8(9(11)5-2)10(12)6-3/h4-5,7H,1,6,11H2,2-3H3/b8-7+,9-5+. The lowest BCUT2D eigenvalue weighted by atomic mass is 10.1. The minimum atomic E-state index is 0.0468. The van der Waals surface area contributed by atoms with Crippen molar-refractivity contribution in [3.8, 4) is 0 Å². The van der Waals surface area contributed by atoms with E-state index in [1.165, 1.54) is 0 Å². The normalized spacial score (nSPS) is 12.8. The smallest absolute Gasteiger partial charge is 0.164 e. The summed E-state index contributed by atoms with van der Waals surface area (Å²) in [5.41, 5.74) is 6.67. The van der Waals surface area contributed by atoms with Gasteiger partial charge in [0, 0.05) is 17.7 Å². The molecule has 0 aromatic rings. The van der Waals surface area contributed by atoms with Gasteiger partial charge in [-0.15, -0.1) is 0 Å². The van der Waals surface area contributed by atoms with Gasteiger partial charge in [0.15, 0.2) is 5.78 Å². The van der Waals surface area contributed by atoms with Crippen molar-refractivity contribution in [3.05, 3.63) is 36.1 Å². The number of carbonyl (C=O) groups is 1. The Balaban J connectivity index is 4.80. The largest absolute Gasteiger partial charge is 0.398 e. The number of ketones is 1. The van der Waals surface area contributed by atoms with E-state index >= 15 is 0 Å². The van der Waals surface area contributed by atoms with Gasteiger partial charge in [-0.05, 0) is 13.0 Å². The zero-order valence-corrected chi connectivity index (χ0v) is 7.63. The van der Waals surface area contributed by atoms with Gasteiger partial charge in [0.2, 0.25) is 0 Å². The first-order valence-electron chi connectivity index (χ1n) is 3.95. The maximum atomic E-state index is 11.3. The highest BCUT2D eigenvalue weighted by molar-refractivity contribution is 5.99. The Morgan fingerprint density at radius 2 is 2.17 bits per heavy atom. The van der Waals surface area contributed by atoms with Crippen molar-refractivity contribution in [2.75, 3.05) is 0 Å². The van der Waals surface area contributed by atoms with Crippen LogP contribution in [0.4, 0.5) is 0 Å². The molecule has 2 nitrogen and oxygen atoms in total. The highest BCUT2D eigenvalue weighted by Crippen LogP contribution is 2.07. The summed E-state index contributed by atoms with van der Waals surface area (Å²) in [6, 6.07) is 0.